The molecule has 0 radical (unpaired) electrons. The second-order valence-electron chi connectivity index (χ2n) is 6.31. The van der Waals surface area contributed by atoms with E-state index in [1.165, 1.54) is 23.5 Å². The van der Waals surface area contributed by atoms with E-state index in [4.69, 9.17) is 0 Å². The summed E-state index contributed by atoms with van der Waals surface area (Å²) in [7, 11) is -3.59. The van der Waals surface area contributed by atoms with Crippen LogP contribution in [0.25, 0.3) is 0 Å². The van der Waals surface area contributed by atoms with Gasteiger partial charge in [-0.15, -0.1) is 10.2 Å². The van der Waals surface area contributed by atoms with Gasteiger partial charge < -0.3 is 5.32 Å². The molecule has 152 valence electrons. The lowest BCUT2D eigenvalue weighted by Crippen LogP contribution is -2.25. The van der Waals surface area contributed by atoms with E-state index in [1.54, 1.807) is 36.4 Å². The van der Waals surface area contributed by atoms with E-state index in [0.29, 0.717) is 22.1 Å². The predicted molar refractivity (Wildman–Crippen MR) is 109 cm³/mol. The van der Waals surface area contributed by atoms with Gasteiger partial charge in [-0.05, 0) is 36.8 Å². The van der Waals surface area contributed by atoms with Crippen LogP contribution in [0.1, 0.15) is 16.1 Å². The summed E-state index contributed by atoms with van der Waals surface area (Å²) in [6.07, 6.45) is 0.433. The van der Waals surface area contributed by atoms with Crippen LogP contribution in [-0.4, -0.2) is 31.1 Å². The number of hydrogen-bond donors (Lipinski definition) is 2. The summed E-state index contributed by atoms with van der Waals surface area (Å²) in [4.78, 5) is 12.2. The maximum absolute atomic E-state index is 12.9. The van der Waals surface area contributed by atoms with Crippen molar-refractivity contribution in [2.24, 2.45) is 0 Å². The Labute approximate surface area is 172 Å². The molecule has 2 aromatic carbocycles. The third-order valence-electron chi connectivity index (χ3n) is 3.95. The molecular formula is C19H19FN4O3S2. The molecule has 0 aliphatic rings. The molecule has 1 amide bonds. The zero-order valence-corrected chi connectivity index (χ0v) is 17.2. The van der Waals surface area contributed by atoms with Crippen molar-refractivity contribution >= 4 is 32.4 Å². The maximum Gasteiger partial charge on any atom is 0.240 e. The first-order chi connectivity index (χ1) is 13.8. The number of nitrogens with one attached hydrogen (secondary N) is 2. The number of aromatic nitrogens is 2. The van der Waals surface area contributed by atoms with Gasteiger partial charge >= 0.3 is 0 Å². The summed E-state index contributed by atoms with van der Waals surface area (Å²) in [6, 6.07) is 12.3. The Morgan fingerprint density at radius 3 is 2.45 bits per heavy atom. The van der Waals surface area contributed by atoms with Gasteiger partial charge in [-0.3, -0.25) is 4.79 Å². The summed E-state index contributed by atoms with van der Waals surface area (Å²) in [5.74, 6) is -0.652. The highest BCUT2D eigenvalue weighted by molar-refractivity contribution is 7.89. The van der Waals surface area contributed by atoms with Crippen LogP contribution in [-0.2, 0) is 27.7 Å². The smallest absolute Gasteiger partial charge is 0.240 e. The quantitative estimate of drug-likeness (QED) is 0.568. The molecule has 2 N–H and O–H groups in total. The molecule has 0 aliphatic heterocycles. The molecule has 3 rings (SSSR count). The van der Waals surface area contributed by atoms with Crippen LogP contribution in [0.2, 0.25) is 0 Å². The number of aryl methyl sites for hydroxylation is 1. The Balaban J connectivity index is 1.49. The van der Waals surface area contributed by atoms with Crippen molar-refractivity contribution in [1.82, 2.24) is 14.9 Å². The van der Waals surface area contributed by atoms with Crippen LogP contribution < -0.4 is 10.0 Å². The van der Waals surface area contributed by atoms with Crippen LogP contribution in [0.5, 0.6) is 0 Å². The standard InChI is InChI=1S/C19H19FN4O3S2/c1-13-2-8-16(9-3-13)29(26,27)21-11-10-18-23-24-19(28-18)22-17(25)12-14-4-6-15(20)7-5-14/h2-9,21H,10-12H2,1H3,(H,22,24,25). The van der Waals surface area contributed by atoms with E-state index >= 15 is 0 Å². The number of carbonyl (C=O) groups is 1. The molecule has 0 unspecified atom stereocenters. The van der Waals surface area contributed by atoms with Crippen molar-refractivity contribution in [1.29, 1.82) is 0 Å². The zero-order valence-electron chi connectivity index (χ0n) is 15.6. The third kappa shape index (κ3) is 6.14. The van der Waals surface area contributed by atoms with Crippen LogP contribution in [0.3, 0.4) is 0 Å². The molecule has 1 aromatic heterocycles. The fraction of sp³-hybridized carbons (Fsp3) is 0.211. The molecule has 0 atom stereocenters. The summed E-state index contributed by atoms with van der Waals surface area (Å²) >= 11 is 1.17. The van der Waals surface area contributed by atoms with E-state index < -0.39 is 10.0 Å². The van der Waals surface area contributed by atoms with Crippen molar-refractivity contribution in [2.75, 3.05) is 11.9 Å². The lowest BCUT2D eigenvalue weighted by atomic mass is 10.1. The Morgan fingerprint density at radius 1 is 1.07 bits per heavy atom. The largest absolute Gasteiger partial charge is 0.300 e. The number of carbonyl (C=O) groups excluding carboxylic acids is 1. The van der Waals surface area contributed by atoms with Crippen molar-refractivity contribution in [3.63, 3.8) is 0 Å². The number of amides is 1. The van der Waals surface area contributed by atoms with E-state index in [-0.39, 0.29) is 29.6 Å². The van der Waals surface area contributed by atoms with Crippen molar-refractivity contribution in [3.05, 3.63) is 70.5 Å². The second-order valence-corrected chi connectivity index (χ2v) is 9.14. The van der Waals surface area contributed by atoms with Gasteiger partial charge in [0.1, 0.15) is 10.8 Å². The van der Waals surface area contributed by atoms with Crippen LogP contribution in [0.15, 0.2) is 53.4 Å². The first-order valence-electron chi connectivity index (χ1n) is 8.75. The SMILES string of the molecule is Cc1ccc(S(=O)(=O)NCCc2nnc(NC(=O)Cc3ccc(F)cc3)s2)cc1. The Hall–Kier alpha value is -2.69. The number of sulfonamides is 1. The van der Waals surface area contributed by atoms with Crippen LogP contribution in [0.4, 0.5) is 9.52 Å². The highest BCUT2D eigenvalue weighted by atomic mass is 32.2. The van der Waals surface area contributed by atoms with Gasteiger partial charge in [0.15, 0.2) is 0 Å². The maximum atomic E-state index is 12.9. The van der Waals surface area contributed by atoms with Crippen molar-refractivity contribution < 1.29 is 17.6 Å². The van der Waals surface area contributed by atoms with E-state index in [2.05, 4.69) is 20.2 Å². The van der Waals surface area contributed by atoms with Gasteiger partial charge in [-0.2, -0.15) is 0 Å². The first-order valence-corrected chi connectivity index (χ1v) is 11.0. The van der Waals surface area contributed by atoms with Crippen molar-refractivity contribution in [3.8, 4) is 0 Å². The molecular weight excluding hydrogens is 415 g/mol. The number of nitrogens with zero attached hydrogens (tertiary/aromatic N) is 2. The van der Waals surface area contributed by atoms with Crippen LogP contribution in [0, 0.1) is 12.7 Å². The number of rotatable bonds is 8. The Kier molecular flexibility index (Phi) is 6.68. The lowest BCUT2D eigenvalue weighted by molar-refractivity contribution is -0.115. The van der Waals surface area contributed by atoms with Gasteiger partial charge in [-0.1, -0.05) is 41.2 Å². The molecule has 0 spiro atoms. The Bertz CT molecular complexity index is 1080. The molecule has 1 heterocycles. The summed E-state index contributed by atoms with van der Waals surface area (Å²) in [6.45, 7) is 2.05. The molecule has 7 nitrogen and oxygen atoms in total. The molecule has 3 aromatic rings. The molecule has 29 heavy (non-hydrogen) atoms. The minimum absolute atomic E-state index is 0.0888. The second kappa shape index (κ2) is 9.21. The van der Waals surface area contributed by atoms with E-state index in [1.807, 2.05) is 6.92 Å². The van der Waals surface area contributed by atoms with E-state index in [9.17, 15) is 17.6 Å². The fourth-order valence-electron chi connectivity index (χ4n) is 2.45. The molecule has 10 heteroatoms. The van der Waals surface area contributed by atoms with Gasteiger partial charge in [0.2, 0.25) is 21.1 Å². The van der Waals surface area contributed by atoms with Gasteiger partial charge in [0.25, 0.3) is 0 Å². The van der Waals surface area contributed by atoms with E-state index in [0.717, 1.165) is 5.56 Å². The van der Waals surface area contributed by atoms with Gasteiger partial charge in [-0.25, -0.2) is 17.5 Å². The number of hydrogen-bond acceptors (Lipinski definition) is 6. The van der Waals surface area contributed by atoms with Gasteiger partial charge in [0.05, 0.1) is 11.3 Å². The highest BCUT2D eigenvalue weighted by Gasteiger charge is 2.14. The molecule has 0 bridgehead atoms. The molecule has 0 saturated heterocycles. The zero-order chi connectivity index (χ0) is 20.9. The third-order valence-corrected chi connectivity index (χ3v) is 6.33. The molecule has 0 aliphatic carbocycles. The monoisotopic (exact) mass is 434 g/mol. The Morgan fingerprint density at radius 2 is 1.76 bits per heavy atom. The fourth-order valence-corrected chi connectivity index (χ4v) is 4.24. The minimum Gasteiger partial charge on any atom is -0.300 e. The lowest BCUT2D eigenvalue weighted by Gasteiger charge is -2.05. The average molecular weight is 435 g/mol. The highest BCUT2D eigenvalue weighted by Crippen LogP contribution is 2.16. The van der Waals surface area contributed by atoms with Crippen molar-refractivity contribution in [2.45, 2.75) is 24.7 Å². The normalized spacial score (nSPS) is 11.4. The number of benzene rings is 2. The summed E-state index contributed by atoms with van der Waals surface area (Å²) in [5.41, 5.74) is 1.66. The first kappa shape index (κ1) is 21.0. The molecule has 0 fully saturated rings. The summed E-state index contributed by atoms with van der Waals surface area (Å²) in [5, 5.41) is 11.4. The molecule has 0 saturated carbocycles. The average Bonchev–Trinajstić information content (AvgIpc) is 3.11. The number of halogens is 1. The number of anilines is 1. The minimum atomic E-state index is -3.59. The predicted octanol–water partition coefficient (Wildman–Crippen LogP) is 2.69. The van der Waals surface area contributed by atoms with Crippen LogP contribution >= 0.6 is 11.3 Å². The topological polar surface area (TPSA) is 101 Å². The van der Waals surface area contributed by atoms with Gasteiger partial charge in [0, 0.05) is 13.0 Å². The summed E-state index contributed by atoms with van der Waals surface area (Å²) < 4.78 is 39.9.